The number of nitrogens with one attached hydrogen (secondary N) is 2. The van der Waals surface area contributed by atoms with Crippen LogP contribution in [0.2, 0.25) is 0 Å². The molecule has 0 bridgehead atoms. The van der Waals surface area contributed by atoms with Crippen molar-refractivity contribution in [3.05, 3.63) is 18.1 Å². The Kier molecular flexibility index (Phi) is 5.44. The number of hydrogen-bond acceptors (Lipinski definition) is 5. The van der Waals surface area contributed by atoms with E-state index in [4.69, 9.17) is 0 Å². The summed E-state index contributed by atoms with van der Waals surface area (Å²) >= 11 is 1.95. The first-order chi connectivity index (χ1) is 9.29. The monoisotopic (exact) mass is 280 g/mol. The Bertz CT molecular complexity index is 404. The van der Waals surface area contributed by atoms with Crippen LogP contribution < -0.4 is 10.6 Å². The third-order valence-corrected chi connectivity index (χ3v) is 4.40. The average molecular weight is 280 g/mol. The molecule has 1 aliphatic heterocycles. The van der Waals surface area contributed by atoms with Crippen LogP contribution in [-0.4, -0.2) is 40.0 Å². The highest BCUT2D eigenvalue weighted by Gasteiger charge is 2.15. The zero-order chi connectivity index (χ0) is 13.5. The second-order valence-electron chi connectivity index (χ2n) is 4.52. The van der Waals surface area contributed by atoms with Crippen molar-refractivity contribution in [3.63, 3.8) is 0 Å². The second-order valence-corrected chi connectivity index (χ2v) is 5.92. The largest absolute Gasteiger partial charge is 0.369 e. The van der Waals surface area contributed by atoms with Gasteiger partial charge in [-0.15, -0.1) is 0 Å². The highest BCUT2D eigenvalue weighted by molar-refractivity contribution is 7.99. The summed E-state index contributed by atoms with van der Waals surface area (Å²) in [5, 5.41) is 6.53. The number of rotatable bonds is 5. The molecule has 2 heterocycles. The van der Waals surface area contributed by atoms with E-state index in [1.165, 1.54) is 31.2 Å². The Morgan fingerprint density at radius 3 is 2.95 bits per heavy atom. The van der Waals surface area contributed by atoms with Gasteiger partial charge < -0.3 is 10.6 Å². The molecule has 0 spiro atoms. The van der Waals surface area contributed by atoms with Gasteiger partial charge in [0.05, 0.1) is 12.4 Å². The van der Waals surface area contributed by atoms with Crippen LogP contribution in [0.3, 0.4) is 0 Å². The molecule has 2 N–H and O–H groups in total. The van der Waals surface area contributed by atoms with E-state index in [9.17, 15) is 4.79 Å². The van der Waals surface area contributed by atoms with Crippen molar-refractivity contribution in [1.82, 2.24) is 15.3 Å². The van der Waals surface area contributed by atoms with Crippen LogP contribution in [0, 0.1) is 0 Å². The van der Waals surface area contributed by atoms with Crippen molar-refractivity contribution >= 4 is 23.5 Å². The Morgan fingerprint density at radius 1 is 1.42 bits per heavy atom. The standard InChI is InChI=1S/C13H20N4OS/c1-2-14-12-9-15-11(8-16-12)13(18)17-7-10-5-3-4-6-19-10/h8-10H,2-7H2,1H3,(H,14,16)(H,17,18). The Balaban J connectivity index is 1.81. The van der Waals surface area contributed by atoms with E-state index in [0.29, 0.717) is 16.8 Å². The molecule has 0 radical (unpaired) electrons. The lowest BCUT2D eigenvalue weighted by Gasteiger charge is -2.21. The van der Waals surface area contributed by atoms with Crippen molar-refractivity contribution in [2.24, 2.45) is 0 Å². The minimum Gasteiger partial charge on any atom is -0.369 e. The fourth-order valence-electron chi connectivity index (χ4n) is 1.98. The van der Waals surface area contributed by atoms with Gasteiger partial charge in [-0.1, -0.05) is 6.42 Å². The summed E-state index contributed by atoms with van der Waals surface area (Å²) in [4.78, 5) is 20.2. The number of aromatic nitrogens is 2. The molecule has 1 atom stereocenters. The molecular weight excluding hydrogens is 260 g/mol. The van der Waals surface area contributed by atoms with Crippen LogP contribution in [0.25, 0.3) is 0 Å². The third-order valence-electron chi connectivity index (χ3n) is 3.01. The molecule has 6 heteroatoms. The van der Waals surface area contributed by atoms with E-state index in [0.717, 1.165) is 13.1 Å². The highest BCUT2D eigenvalue weighted by atomic mass is 32.2. The molecule has 1 unspecified atom stereocenters. The molecular formula is C13H20N4OS. The molecule has 1 aromatic heterocycles. The van der Waals surface area contributed by atoms with Crippen molar-refractivity contribution in [1.29, 1.82) is 0 Å². The molecule has 1 aromatic rings. The van der Waals surface area contributed by atoms with Crippen LogP contribution in [0.4, 0.5) is 5.82 Å². The quantitative estimate of drug-likeness (QED) is 0.862. The topological polar surface area (TPSA) is 66.9 Å². The maximum Gasteiger partial charge on any atom is 0.271 e. The molecule has 104 valence electrons. The van der Waals surface area contributed by atoms with Crippen LogP contribution in [0.5, 0.6) is 0 Å². The molecule has 1 fully saturated rings. The molecule has 1 saturated heterocycles. The molecule has 0 saturated carbocycles. The lowest BCUT2D eigenvalue weighted by molar-refractivity contribution is 0.0948. The number of carbonyl (C=O) groups excluding carboxylic acids is 1. The maximum atomic E-state index is 11.9. The van der Waals surface area contributed by atoms with Gasteiger partial charge in [0.25, 0.3) is 5.91 Å². The van der Waals surface area contributed by atoms with Gasteiger partial charge in [-0.05, 0) is 25.5 Å². The molecule has 0 aliphatic carbocycles. The fourth-order valence-corrected chi connectivity index (χ4v) is 3.22. The van der Waals surface area contributed by atoms with Crippen LogP contribution in [-0.2, 0) is 0 Å². The Labute approximate surface area is 118 Å². The van der Waals surface area contributed by atoms with E-state index < -0.39 is 0 Å². The zero-order valence-corrected chi connectivity index (χ0v) is 12.0. The number of nitrogens with zero attached hydrogens (tertiary/aromatic N) is 2. The lowest BCUT2D eigenvalue weighted by Crippen LogP contribution is -2.32. The first-order valence-corrected chi connectivity index (χ1v) is 7.80. The smallest absolute Gasteiger partial charge is 0.271 e. The number of hydrogen-bond donors (Lipinski definition) is 2. The molecule has 19 heavy (non-hydrogen) atoms. The van der Waals surface area contributed by atoms with E-state index in [1.54, 1.807) is 6.20 Å². The van der Waals surface area contributed by atoms with Gasteiger partial charge in [0, 0.05) is 18.3 Å². The van der Waals surface area contributed by atoms with Gasteiger partial charge in [0.2, 0.25) is 0 Å². The normalized spacial score (nSPS) is 18.9. The zero-order valence-electron chi connectivity index (χ0n) is 11.2. The van der Waals surface area contributed by atoms with Crippen molar-refractivity contribution in [3.8, 4) is 0 Å². The molecule has 2 rings (SSSR count). The molecule has 5 nitrogen and oxygen atoms in total. The predicted molar refractivity (Wildman–Crippen MR) is 78.6 cm³/mol. The van der Waals surface area contributed by atoms with Crippen LogP contribution in [0.1, 0.15) is 36.7 Å². The van der Waals surface area contributed by atoms with E-state index >= 15 is 0 Å². The first kappa shape index (κ1) is 14.1. The van der Waals surface area contributed by atoms with Gasteiger partial charge in [-0.2, -0.15) is 11.8 Å². The van der Waals surface area contributed by atoms with Crippen molar-refractivity contribution < 1.29 is 4.79 Å². The van der Waals surface area contributed by atoms with Crippen molar-refractivity contribution in [2.45, 2.75) is 31.4 Å². The maximum absolute atomic E-state index is 11.9. The SMILES string of the molecule is CCNc1cnc(C(=O)NCC2CCCCS2)cn1. The minimum atomic E-state index is -0.137. The number of anilines is 1. The number of thioether (sulfide) groups is 1. The predicted octanol–water partition coefficient (Wildman–Crippen LogP) is 1.92. The second kappa shape index (κ2) is 7.33. The first-order valence-electron chi connectivity index (χ1n) is 6.75. The summed E-state index contributed by atoms with van der Waals surface area (Å²) in [6.45, 7) is 3.50. The summed E-state index contributed by atoms with van der Waals surface area (Å²) in [5.41, 5.74) is 0.377. The summed E-state index contributed by atoms with van der Waals surface area (Å²) < 4.78 is 0. The fraction of sp³-hybridized carbons (Fsp3) is 0.615. The van der Waals surface area contributed by atoms with E-state index in [-0.39, 0.29) is 5.91 Å². The van der Waals surface area contributed by atoms with Gasteiger partial charge in [-0.3, -0.25) is 4.79 Å². The van der Waals surface area contributed by atoms with Gasteiger partial charge in [0.15, 0.2) is 0 Å². The van der Waals surface area contributed by atoms with Gasteiger partial charge in [0.1, 0.15) is 11.5 Å². The molecule has 0 aromatic carbocycles. The summed E-state index contributed by atoms with van der Waals surface area (Å²) in [7, 11) is 0. The Morgan fingerprint density at radius 2 is 2.32 bits per heavy atom. The van der Waals surface area contributed by atoms with Crippen LogP contribution in [0.15, 0.2) is 12.4 Å². The van der Waals surface area contributed by atoms with Gasteiger partial charge in [-0.25, -0.2) is 9.97 Å². The summed E-state index contributed by atoms with van der Waals surface area (Å²) in [5.74, 6) is 1.76. The summed E-state index contributed by atoms with van der Waals surface area (Å²) in [6.07, 6.45) is 6.86. The van der Waals surface area contributed by atoms with E-state index in [2.05, 4.69) is 20.6 Å². The van der Waals surface area contributed by atoms with Crippen LogP contribution >= 0.6 is 11.8 Å². The lowest BCUT2D eigenvalue weighted by atomic mass is 10.2. The molecule has 1 amide bonds. The van der Waals surface area contributed by atoms with Crippen molar-refractivity contribution in [2.75, 3.05) is 24.2 Å². The van der Waals surface area contributed by atoms with E-state index in [1.807, 2.05) is 18.7 Å². The number of carbonyl (C=O) groups is 1. The minimum absolute atomic E-state index is 0.137. The number of amides is 1. The summed E-state index contributed by atoms with van der Waals surface area (Å²) in [6, 6.07) is 0. The molecule has 1 aliphatic rings. The Hall–Kier alpha value is -1.30. The third kappa shape index (κ3) is 4.38. The van der Waals surface area contributed by atoms with Gasteiger partial charge >= 0.3 is 0 Å². The average Bonchev–Trinajstić information content (AvgIpc) is 2.47. The highest BCUT2D eigenvalue weighted by Crippen LogP contribution is 2.24.